The van der Waals surface area contributed by atoms with Crippen LogP contribution in [0.4, 0.5) is 10.5 Å². The maximum Gasteiger partial charge on any atom is 0.323 e. The van der Waals surface area contributed by atoms with Crippen LogP contribution in [0.5, 0.6) is 0 Å². The van der Waals surface area contributed by atoms with Gasteiger partial charge in [-0.3, -0.25) is 14.5 Å². The van der Waals surface area contributed by atoms with Gasteiger partial charge in [0.2, 0.25) is 5.91 Å². The second kappa shape index (κ2) is 7.88. The number of benzene rings is 1. The molecule has 1 aromatic rings. The van der Waals surface area contributed by atoms with Crippen LogP contribution in [0.3, 0.4) is 0 Å². The van der Waals surface area contributed by atoms with E-state index in [2.05, 4.69) is 10.6 Å². The van der Waals surface area contributed by atoms with E-state index in [1.54, 1.807) is 44.2 Å². The molecule has 7 heteroatoms. The number of carbonyl (C=O) groups is 3. The lowest BCUT2D eigenvalue weighted by molar-refractivity contribution is -0.135. The molecule has 3 amide bonds. The number of carboxylic acid groups (broad SMARTS) is 1. The third kappa shape index (κ3) is 5.94. The molecule has 0 bridgehead atoms. The highest BCUT2D eigenvalue weighted by molar-refractivity contribution is 5.97. The van der Waals surface area contributed by atoms with Gasteiger partial charge in [0, 0.05) is 11.7 Å². The molecular formula is C14H19N3O4. The minimum atomic E-state index is -1.14. The highest BCUT2D eigenvalue weighted by atomic mass is 16.4. The maximum absolute atomic E-state index is 12.0. The Balaban J connectivity index is 2.69. The number of urea groups is 1. The van der Waals surface area contributed by atoms with Crippen molar-refractivity contribution in [1.82, 2.24) is 10.6 Å². The largest absolute Gasteiger partial charge is 0.480 e. The Morgan fingerprint density at radius 3 is 2.33 bits per heavy atom. The standard InChI is InChI=1S/C14H19N3O4/c1-10(2)16-12(18)8-15-14(21)17(9-13(19)20)11-6-4-3-5-7-11/h3-7,10H,8-9H2,1-2H3,(H,15,21)(H,16,18)(H,19,20). The van der Waals surface area contributed by atoms with Crippen molar-refractivity contribution in [3.63, 3.8) is 0 Å². The van der Waals surface area contributed by atoms with E-state index < -0.39 is 18.5 Å². The first-order chi connectivity index (χ1) is 9.90. The Kier molecular flexibility index (Phi) is 6.19. The minimum Gasteiger partial charge on any atom is -0.480 e. The molecule has 0 radical (unpaired) electrons. The van der Waals surface area contributed by atoms with Crippen molar-refractivity contribution < 1.29 is 19.5 Å². The number of rotatable bonds is 6. The number of nitrogens with one attached hydrogen (secondary N) is 2. The molecule has 114 valence electrons. The van der Waals surface area contributed by atoms with Crippen LogP contribution in [0.25, 0.3) is 0 Å². The molecule has 1 rings (SSSR count). The van der Waals surface area contributed by atoms with Crippen molar-refractivity contribution in [2.24, 2.45) is 0 Å². The van der Waals surface area contributed by atoms with Crippen LogP contribution in [0.1, 0.15) is 13.8 Å². The van der Waals surface area contributed by atoms with Gasteiger partial charge in [0.05, 0.1) is 6.54 Å². The number of hydrogen-bond acceptors (Lipinski definition) is 3. The Labute approximate surface area is 122 Å². The molecule has 0 heterocycles. The highest BCUT2D eigenvalue weighted by Gasteiger charge is 2.19. The molecule has 0 aromatic heterocycles. The van der Waals surface area contributed by atoms with Gasteiger partial charge in [-0.05, 0) is 26.0 Å². The zero-order valence-electron chi connectivity index (χ0n) is 12.0. The number of amides is 3. The summed E-state index contributed by atoms with van der Waals surface area (Å²) >= 11 is 0. The molecule has 0 aliphatic carbocycles. The Morgan fingerprint density at radius 2 is 1.81 bits per heavy atom. The van der Waals surface area contributed by atoms with Crippen LogP contribution in [-0.2, 0) is 9.59 Å². The van der Waals surface area contributed by atoms with E-state index >= 15 is 0 Å². The van der Waals surface area contributed by atoms with Gasteiger partial charge >= 0.3 is 12.0 Å². The first kappa shape index (κ1) is 16.5. The molecule has 0 spiro atoms. The highest BCUT2D eigenvalue weighted by Crippen LogP contribution is 2.12. The topological polar surface area (TPSA) is 98.7 Å². The Bertz CT molecular complexity index is 502. The molecule has 1 aromatic carbocycles. The predicted molar refractivity (Wildman–Crippen MR) is 78.1 cm³/mol. The fraction of sp³-hybridized carbons (Fsp3) is 0.357. The second-order valence-corrected chi connectivity index (χ2v) is 4.70. The van der Waals surface area contributed by atoms with E-state index in [-0.39, 0.29) is 18.5 Å². The van der Waals surface area contributed by atoms with E-state index in [0.29, 0.717) is 5.69 Å². The molecule has 0 aliphatic heterocycles. The lowest BCUT2D eigenvalue weighted by Gasteiger charge is -2.21. The van der Waals surface area contributed by atoms with Gasteiger partial charge in [0.25, 0.3) is 0 Å². The second-order valence-electron chi connectivity index (χ2n) is 4.70. The molecule has 3 N–H and O–H groups in total. The fourth-order valence-corrected chi connectivity index (χ4v) is 1.65. The van der Waals surface area contributed by atoms with Gasteiger partial charge < -0.3 is 15.7 Å². The predicted octanol–water partition coefficient (Wildman–Crippen LogP) is 0.812. The Morgan fingerprint density at radius 1 is 1.19 bits per heavy atom. The summed E-state index contributed by atoms with van der Waals surface area (Å²) in [6.07, 6.45) is 0. The summed E-state index contributed by atoms with van der Waals surface area (Å²) in [6.45, 7) is 2.92. The quantitative estimate of drug-likeness (QED) is 0.723. The van der Waals surface area contributed by atoms with Crippen molar-refractivity contribution >= 4 is 23.6 Å². The van der Waals surface area contributed by atoms with Crippen molar-refractivity contribution in [2.45, 2.75) is 19.9 Å². The first-order valence-electron chi connectivity index (χ1n) is 6.51. The van der Waals surface area contributed by atoms with Crippen molar-refractivity contribution in [2.75, 3.05) is 18.0 Å². The van der Waals surface area contributed by atoms with Gasteiger partial charge in [0.1, 0.15) is 6.54 Å². The lowest BCUT2D eigenvalue weighted by Crippen LogP contribution is -2.47. The molecule has 0 aliphatic rings. The summed E-state index contributed by atoms with van der Waals surface area (Å²) in [5.41, 5.74) is 0.446. The summed E-state index contributed by atoms with van der Waals surface area (Å²) in [5, 5.41) is 13.9. The molecule has 0 fully saturated rings. The Hall–Kier alpha value is -2.57. The van der Waals surface area contributed by atoms with Crippen LogP contribution in [0.15, 0.2) is 30.3 Å². The molecule has 21 heavy (non-hydrogen) atoms. The van der Waals surface area contributed by atoms with Gasteiger partial charge in [0.15, 0.2) is 0 Å². The average molecular weight is 293 g/mol. The monoisotopic (exact) mass is 293 g/mol. The zero-order chi connectivity index (χ0) is 15.8. The van der Waals surface area contributed by atoms with Crippen LogP contribution >= 0.6 is 0 Å². The number of anilines is 1. The van der Waals surface area contributed by atoms with Crippen molar-refractivity contribution in [1.29, 1.82) is 0 Å². The van der Waals surface area contributed by atoms with Crippen LogP contribution in [0.2, 0.25) is 0 Å². The normalized spacial score (nSPS) is 10.0. The number of nitrogens with zero attached hydrogens (tertiary/aromatic N) is 1. The van der Waals surface area contributed by atoms with E-state index in [1.807, 2.05) is 0 Å². The smallest absolute Gasteiger partial charge is 0.323 e. The summed E-state index contributed by atoms with van der Waals surface area (Å²) in [7, 11) is 0. The minimum absolute atomic E-state index is 0.0290. The van der Waals surface area contributed by atoms with Crippen molar-refractivity contribution in [3.05, 3.63) is 30.3 Å². The van der Waals surface area contributed by atoms with Crippen LogP contribution in [0, 0.1) is 0 Å². The summed E-state index contributed by atoms with van der Waals surface area (Å²) in [5.74, 6) is -1.47. The molecular weight excluding hydrogens is 274 g/mol. The van der Waals surface area contributed by atoms with Gasteiger partial charge in [-0.1, -0.05) is 18.2 Å². The molecule has 7 nitrogen and oxygen atoms in total. The van der Waals surface area contributed by atoms with Crippen LogP contribution in [-0.4, -0.2) is 42.1 Å². The van der Waals surface area contributed by atoms with Crippen molar-refractivity contribution in [3.8, 4) is 0 Å². The number of carboxylic acids is 1. The fourth-order valence-electron chi connectivity index (χ4n) is 1.65. The van der Waals surface area contributed by atoms with E-state index in [1.165, 1.54) is 0 Å². The van der Waals surface area contributed by atoms with Gasteiger partial charge in [-0.15, -0.1) is 0 Å². The molecule has 0 unspecified atom stereocenters. The number of carbonyl (C=O) groups excluding carboxylic acids is 2. The summed E-state index contributed by atoms with van der Waals surface area (Å²) in [4.78, 5) is 35.5. The van der Waals surface area contributed by atoms with E-state index in [4.69, 9.17) is 5.11 Å². The number of para-hydroxylation sites is 1. The van der Waals surface area contributed by atoms with E-state index in [9.17, 15) is 14.4 Å². The third-order valence-corrected chi connectivity index (χ3v) is 2.46. The number of aliphatic carboxylic acids is 1. The summed E-state index contributed by atoms with van der Waals surface area (Å²) < 4.78 is 0. The number of hydrogen-bond donors (Lipinski definition) is 3. The van der Waals surface area contributed by atoms with Gasteiger partial charge in [-0.2, -0.15) is 0 Å². The molecule has 0 atom stereocenters. The van der Waals surface area contributed by atoms with Crippen LogP contribution < -0.4 is 15.5 Å². The van der Waals surface area contributed by atoms with E-state index in [0.717, 1.165) is 4.90 Å². The third-order valence-electron chi connectivity index (χ3n) is 2.46. The molecule has 0 saturated heterocycles. The lowest BCUT2D eigenvalue weighted by atomic mass is 10.3. The zero-order valence-corrected chi connectivity index (χ0v) is 12.0. The maximum atomic E-state index is 12.0. The molecule has 0 saturated carbocycles. The summed E-state index contributed by atoms with van der Waals surface area (Å²) in [6, 6.07) is 7.73. The van der Waals surface area contributed by atoms with Gasteiger partial charge in [-0.25, -0.2) is 4.79 Å². The SMILES string of the molecule is CC(C)NC(=O)CNC(=O)N(CC(=O)O)c1ccccc1. The average Bonchev–Trinajstić information content (AvgIpc) is 2.42. The first-order valence-corrected chi connectivity index (χ1v) is 6.51.